The number of halogens is 1. The third-order valence-electron chi connectivity index (χ3n) is 3.32. The second-order valence-corrected chi connectivity index (χ2v) is 4.74. The van der Waals surface area contributed by atoms with Crippen LogP contribution >= 0.6 is 12.4 Å². The first-order chi connectivity index (χ1) is 9.08. The second kappa shape index (κ2) is 7.21. The lowest BCUT2D eigenvalue weighted by Crippen LogP contribution is -2.52. The minimum absolute atomic E-state index is 0. The van der Waals surface area contributed by atoms with Gasteiger partial charge in [-0.3, -0.25) is 14.9 Å². The summed E-state index contributed by atoms with van der Waals surface area (Å²) in [6.45, 7) is 4.36. The van der Waals surface area contributed by atoms with Crippen molar-refractivity contribution in [3.05, 3.63) is 39.9 Å². The van der Waals surface area contributed by atoms with Crippen molar-refractivity contribution in [2.24, 2.45) is 0 Å². The van der Waals surface area contributed by atoms with E-state index in [1.165, 1.54) is 12.1 Å². The number of nitro benzene ring substituents is 1. The van der Waals surface area contributed by atoms with Gasteiger partial charge < -0.3 is 10.2 Å². The van der Waals surface area contributed by atoms with Gasteiger partial charge in [0.2, 0.25) is 5.91 Å². The number of hydrogen-bond acceptors (Lipinski definition) is 4. The zero-order valence-corrected chi connectivity index (χ0v) is 12.1. The highest BCUT2D eigenvalue weighted by Crippen LogP contribution is 2.14. The van der Waals surface area contributed by atoms with Crippen molar-refractivity contribution in [3.8, 4) is 0 Å². The lowest BCUT2D eigenvalue weighted by molar-refractivity contribution is -0.384. The van der Waals surface area contributed by atoms with Gasteiger partial charge in [-0.25, -0.2) is 0 Å². The van der Waals surface area contributed by atoms with E-state index >= 15 is 0 Å². The van der Waals surface area contributed by atoms with E-state index in [0.29, 0.717) is 13.0 Å². The van der Waals surface area contributed by atoms with E-state index in [2.05, 4.69) is 5.32 Å². The highest BCUT2D eigenvalue weighted by Gasteiger charge is 2.22. The molecule has 6 nitrogen and oxygen atoms in total. The number of non-ortho nitro benzene ring substituents is 1. The third kappa shape index (κ3) is 3.91. The largest absolute Gasteiger partial charge is 0.337 e. The molecule has 7 heteroatoms. The van der Waals surface area contributed by atoms with Crippen molar-refractivity contribution < 1.29 is 9.72 Å². The highest BCUT2D eigenvalue weighted by atomic mass is 35.5. The smallest absolute Gasteiger partial charge is 0.269 e. The van der Waals surface area contributed by atoms with E-state index in [-0.39, 0.29) is 30.0 Å². The Morgan fingerprint density at radius 2 is 2.10 bits per heavy atom. The number of nitro groups is 1. The molecular weight excluding hydrogens is 282 g/mol. The van der Waals surface area contributed by atoms with E-state index in [1.807, 2.05) is 11.8 Å². The molecule has 1 unspecified atom stereocenters. The molecule has 1 fully saturated rings. The lowest BCUT2D eigenvalue weighted by atomic mass is 10.1. The van der Waals surface area contributed by atoms with Gasteiger partial charge in [-0.2, -0.15) is 0 Å². The minimum Gasteiger partial charge on any atom is -0.337 e. The number of piperazine rings is 1. The fourth-order valence-corrected chi connectivity index (χ4v) is 2.22. The molecule has 0 aliphatic carbocycles. The zero-order chi connectivity index (χ0) is 13.8. The van der Waals surface area contributed by atoms with E-state index in [0.717, 1.165) is 18.7 Å². The number of nitrogens with one attached hydrogen (secondary N) is 1. The summed E-state index contributed by atoms with van der Waals surface area (Å²) in [4.78, 5) is 24.1. The molecule has 20 heavy (non-hydrogen) atoms. The van der Waals surface area contributed by atoms with Crippen molar-refractivity contribution in [2.45, 2.75) is 19.4 Å². The summed E-state index contributed by atoms with van der Waals surface area (Å²) in [6.07, 6.45) is 0.294. The van der Waals surface area contributed by atoms with Gasteiger partial charge in [-0.1, -0.05) is 12.1 Å². The third-order valence-corrected chi connectivity index (χ3v) is 3.32. The minimum atomic E-state index is -0.440. The summed E-state index contributed by atoms with van der Waals surface area (Å²) in [5, 5.41) is 13.8. The van der Waals surface area contributed by atoms with Gasteiger partial charge in [0.15, 0.2) is 0 Å². The molecule has 1 aliphatic rings. The Balaban J connectivity index is 0.00000200. The number of rotatable bonds is 3. The lowest BCUT2D eigenvalue weighted by Gasteiger charge is -2.34. The van der Waals surface area contributed by atoms with Crippen molar-refractivity contribution in [2.75, 3.05) is 19.6 Å². The number of nitrogens with zero attached hydrogens (tertiary/aromatic N) is 2. The van der Waals surface area contributed by atoms with Crippen molar-refractivity contribution in [3.63, 3.8) is 0 Å². The van der Waals surface area contributed by atoms with Gasteiger partial charge in [0.25, 0.3) is 5.69 Å². The quantitative estimate of drug-likeness (QED) is 0.676. The SMILES string of the molecule is CC1CNCCN1C(=O)Cc1ccc([N+](=O)[O-])cc1.Cl. The average molecular weight is 300 g/mol. The second-order valence-electron chi connectivity index (χ2n) is 4.74. The van der Waals surface area contributed by atoms with Crippen LogP contribution in [0, 0.1) is 10.1 Å². The van der Waals surface area contributed by atoms with Crippen LogP contribution in [0.15, 0.2) is 24.3 Å². The molecule has 0 bridgehead atoms. The molecular formula is C13H18ClN3O3. The van der Waals surface area contributed by atoms with Crippen LogP contribution in [-0.2, 0) is 11.2 Å². The average Bonchev–Trinajstić information content (AvgIpc) is 2.39. The van der Waals surface area contributed by atoms with E-state index < -0.39 is 4.92 Å². The molecule has 1 saturated heterocycles. The van der Waals surface area contributed by atoms with E-state index in [9.17, 15) is 14.9 Å². The van der Waals surface area contributed by atoms with Crippen LogP contribution in [0.2, 0.25) is 0 Å². The maximum atomic E-state index is 12.2. The Kier molecular flexibility index (Phi) is 5.91. The summed E-state index contributed by atoms with van der Waals surface area (Å²) in [7, 11) is 0. The maximum absolute atomic E-state index is 12.2. The van der Waals surface area contributed by atoms with Gasteiger partial charge in [0.05, 0.1) is 11.3 Å². The molecule has 2 rings (SSSR count). The van der Waals surface area contributed by atoms with Crippen molar-refractivity contribution in [1.29, 1.82) is 0 Å². The number of carbonyl (C=O) groups is 1. The molecule has 1 aromatic carbocycles. The highest BCUT2D eigenvalue weighted by molar-refractivity contribution is 5.85. The van der Waals surface area contributed by atoms with Crippen LogP contribution < -0.4 is 5.32 Å². The van der Waals surface area contributed by atoms with Gasteiger partial charge in [0, 0.05) is 37.8 Å². The summed E-state index contributed by atoms with van der Waals surface area (Å²) in [6, 6.07) is 6.35. The number of amides is 1. The molecule has 1 N–H and O–H groups in total. The van der Waals surface area contributed by atoms with Crippen LogP contribution in [0.25, 0.3) is 0 Å². The molecule has 110 valence electrons. The summed E-state index contributed by atoms with van der Waals surface area (Å²) in [5.74, 6) is 0.0721. The fraction of sp³-hybridized carbons (Fsp3) is 0.462. The normalized spacial score (nSPS) is 18.2. The van der Waals surface area contributed by atoms with Crippen molar-refractivity contribution in [1.82, 2.24) is 10.2 Å². The van der Waals surface area contributed by atoms with Gasteiger partial charge in [-0.15, -0.1) is 12.4 Å². The Morgan fingerprint density at radius 3 is 2.65 bits per heavy atom. The molecule has 1 aromatic rings. The Hall–Kier alpha value is -1.66. The molecule has 1 aliphatic heterocycles. The maximum Gasteiger partial charge on any atom is 0.269 e. The van der Waals surface area contributed by atoms with Crippen LogP contribution in [0.5, 0.6) is 0 Å². The van der Waals surface area contributed by atoms with Crippen LogP contribution in [-0.4, -0.2) is 41.4 Å². The Bertz CT molecular complexity index is 478. The predicted octanol–water partition coefficient (Wildman–Crippen LogP) is 1.38. The first kappa shape index (κ1) is 16.4. The number of hydrogen-bond donors (Lipinski definition) is 1. The Morgan fingerprint density at radius 1 is 1.45 bits per heavy atom. The molecule has 1 amide bonds. The van der Waals surface area contributed by atoms with Crippen LogP contribution in [0.4, 0.5) is 5.69 Å². The zero-order valence-electron chi connectivity index (χ0n) is 11.2. The van der Waals surface area contributed by atoms with Crippen LogP contribution in [0.1, 0.15) is 12.5 Å². The molecule has 0 spiro atoms. The van der Waals surface area contributed by atoms with Gasteiger partial charge >= 0.3 is 0 Å². The van der Waals surface area contributed by atoms with Crippen molar-refractivity contribution >= 4 is 24.0 Å². The fourth-order valence-electron chi connectivity index (χ4n) is 2.22. The molecule has 0 radical (unpaired) electrons. The molecule has 0 aromatic heterocycles. The predicted molar refractivity (Wildman–Crippen MR) is 78.1 cm³/mol. The first-order valence-corrected chi connectivity index (χ1v) is 6.31. The Labute approximate surface area is 123 Å². The monoisotopic (exact) mass is 299 g/mol. The molecule has 1 atom stereocenters. The number of carbonyl (C=O) groups excluding carboxylic acids is 1. The summed E-state index contributed by atoms with van der Waals surface area (Å²) < 4.78 is 0. The standard InChI is InChI=1S/C13H17N3O3.ClH/c1-10-9-14-6-7-15(10)13(17)8-11-2-4-12(5-3-11)16(18)19;/h2-5,10,14H,6-9H2,1H3;1H. The first-order valence-electron chi connectivity index (χ1n) is 6.31. The summed E-state index contributed by atoms with van der Waals surface area (Å²) >= 11 is 0. The molecule has 0 saturated carbocycles. The molecule has 1 heterocycles. The van der Waals surface area contributed by atoms with Gasteiger partial charge in [-0.05, 0) is 12.5 Å². The van der Waals surface area contributed by atoms with E-state index in [4.69, 9.17) is 0 Å². The number of benzene rings is 1. The topological polar surface area (TPSA) is 75.5 Å². The van der Waals surface area contributed by atoms with Crippen LogP contribution in [0.3, 0.4) is 0 Å². The summed E-state index contributed by atoms with van der Waals surface area (Å²) in [5.41, 5.74) is 0.855. The van der Waals surface area contributed by atoms with Gasteiger partial charge in [0.1, 0.15) is 0 Å². The van der Waals surface area contributed by atoms with E-state index in [1.54, 1.807) is 12.1 Å².